The number of carboxylic acid groups (broad SMARTS) is 2. The number of hydrogen-bond acceptors (Lipinski definition) is 3. The predicted molar refractivity (Wildman–Crippen MR) is 68.1 cm³/mol. The number of carbonyl (C=O) groups excluding carboxylic acids is 1. The molecule has 3 N–H and O–H groups in total. The van der Waals surface area contributed by atoms with Crippen LogP contribution in [0.1, 0.15) is 30.1 Å². The van der Waals surface area contributed by atoms with Crippen LogP contribution in [0.2, 0.25) is 0 Å². The quantitative estimate of drug-likeness (QED) is 0.727. The molecule has 19 heavy (non-hydrogen) atoms. The number of aliphatic carboxylic acids is 1. The van der Waals surface area contributed by atoms with E-state index in [-0.39, 0.29) is 24.3 Å². The molecular formula is C13H15NO5. The van der Waals surface area contributed by atoms with Crippen molar-refractivity contribution in [3.63, 3.8) is 0 Å². The van der Waals surface area contributed by atoms with Crippen molar-refractivity contribution in [2.75, 3.05) is 5.32 Å². The Hall–Kier alpha value is -2.37. The topological polar surface area (TPSA) is 104 Å². The molecule has 0 unspecified atom stereocenters. The molecule has 6 heteroatoms. The molecule has 0 radical (unpaired) electrons. The minimum atomic E-state index is -1.07. The summed E-state index contributed by atoms with van der Waals surface area (Å²) in [6.45, 7) is 1.53. The van der Waals surface area contributed by atoms with Gasteiger partial charge in [0.25, 0.3) is 0 Å². The van der Waals surface area contributed by atoms with Crippen LogP contribution in [-0.4, -0.2) is 28.1 Å². The molecule has 6 nitrogen and oxygen atoms in total. The summed E-state index contributed by atoms with van der Waals surface area (Å²) < 4.78 is 0. The van der Waals surface area contributed by atoms with Crippen LogP contribution in [0, 0.1) is 5.92 Å². The molecule has 0 saturated carbocycles. The number of carboxylic acids is 2. The summed E-state index contributed by atoms with van der Waals surface area (Å²) in [5.41, 5.74) is 0.463. The average Bonchev–Trinajstić information content (AvgIpc) is 2.36. The van der Waals surface area contributed by atoms with Gasteiger partial charge in [-0.05, 0) is 24.6 Å². The molecule has 0 aliphatic heterocycles. The second-order valence-corrected chi connectivity index (χ2v) is 4.21. The van der Waals surface area contributed by atoms with Crippen LogP contribution in [0.15, 0.2) is 24.3 Å². The minimum Gasteiger partial charge on any atom is -0.481 e. The van der Waals surface area contributed by atoms with E-state index in [1.165, 1.54) is 25.1 Å². The lowest BCUT2D eigenvalue weighted by Gasteiger charge is -2.07. The number of nitrogens with one attached hydrogen (secondary N) is 1. The predicted octanol–water partition coefficient (Wildman–Crippen LogP) is 1.82. The van der Waals surface area contributed by atoms with E-state index in [0.717, 1.165) is 0 Å². The molecule has 1 aromatic carbocycles. The standard InChI is InChI=1S/C13H15NO5/c1-8(12(16)17)5-6-11(15)14-10-4-2-3-9(7-10)13(18)19/h2-4,7-8H,5-6H2,1H3,(H,14,15)(H,16,17)(H,18,19)/t8-/m1/s1. The Morgan fingerprint density at radius 1 is 1.26 bits per heavy atom. The molecular weight excluding hydrogens is 250 g/mol. The number of benzene rings is 1. The third kappa shape index (κ3) is 4.79. The van der Waals surface area contributed by atoms with E-state index in [1.807, 2.05) is 0 Å². The normalized spacial score (nSPS) is 11.6. The lowest BCUT2D eigenvalue weighted by atomic mass is 10.1. The number of carbonyl (C=O) groups is 3. The van der Waals surface area contributed by atoms with Gasteiger partial charge < -0.3 is 15.5 Å². The second kappa shape index (κ2) is 6.53. The van der Waals surface area contributed by atoms with Crippen LogP contribution in [0.25, 0.3) is 0 Å². The maximum atomic E-state index is 11.6. The summed E-state index contributed by atoms with van der Waals surface area (Å²) in [5, 5.41) is 20.0. The van der Waals surface area contributed by atoms with Crippen LogP contribution in [0.5, 0.6) is 0 Å². The lowest BCUT2D eigenvalue weighted by molar-refractivity contribution is -0.141. The fourth-order valence-electron chi connectivity index (χ4n) is 1.42. The Morgan fingerprint density at radius 3 is 2.53 bits per heavy atom. The van der Waals surface area contributed by atoms with Crippen LogP contribution < -0.4 is 5.32 Å². The number of hydrogen-bond donors (Lipinski definition) is 3. The van der Waals surface area contributed by atoms with Gasteiger partial charge in [0.1, 0.15) is 0 Å². The maximum absolute atomic E-state index is 11.6. The Morgan fingerprint density at radius 2 is 1.95 bits per heavy atom. The smallest absolute Gasteiger partial charge is 0.335 e. The molecule has 1 rings (SSSR count). The molecule has 0 aliphatic carbocycles. The number of amides is 1. The molecule has 1 amide bonds. The summed E-state index contributed by atoms with van der Waals surface area (Å²) in [6.07, 6.45) is 0.310. The van der Waals surface area contributed by atoms with Crippen LogP contribution in [-0.2, 0) is 9.59 Å². The van der Waals surface area contributed by atoms with Gasteiger partial charge in [-0.3, -0.25) is 9.59 Å². The maximum Gasteiger partial charge on any atom is 0.335 e. The monoisotopic (exact) mass is 265 g/mol. The summed E-state index contributed by atoms with van der Waals surface area (Å²) in [6, 6.07) is 5.87. The highest BCUT2D eigenvalue weighted by Crippen LogP contribution is 2.12. The molecule has 1 aromatic rings. The summed E-state index contributed by atoms with van der Waals surface area (Å²) in [5.74, 6) is -2.94. The van der Waals surface area contributed by atoms with Crippen molar-refractivity contribution in [2.24, 2.45) is 5.92 Å². The molecule has 0 fully saturated rings. The largest absolute Gasteiger partial charge is 0.481 e. The van der Waals surface area contributed by atoms with Crippen LogP contribution in [0.4, 0.5) is 5.69 Å². The summed E-state index contributed by atoms with van der Waals surface area (Å²) in [4.78, 5) is 32.9. The van der Waals surface area contributed by atoms with E-state index in [1.54, 1.807) is 6.07 Å². The molecule has 1 atom stereocenters. The van der Waals surface area contributed by atoms with Gasteiger partial charge in [0, 0.05) is 12.1 Å². The van der Waals surface area contributed by atoms with E-state index < -0.39 is 17.9 Å². The van der Waals surface area contributed by atoms with Crippen molar-refractivity contribution in [2.45, 2.75) is 19.8 Å². The highest BCUT2D eigenvalue weighted by molar-refractivity contribution is 5.94. The van der Waals surface area contributed by atoms with E-state index in [2.05, 4.69) is 5.32 Å². The first-order valence-electron chi connectivity index (χ1n) is 5.76. The lowest BCUT2D eigenvalue weighted by Crippen LogP contribution is -2.16. The molecule has 102 valence electrons. The zero-order valence-corrected chi connectivity index (χ0v) is 10.4. The highest BCUT2D eigenvalue weighted by atomic mass is 16.4. The van der Waals surface area contributed by atoms with Gasteiger partial charge in [0.05, 0.1) is 11.5 Å². The SMILES string of the molecule is C[C@H](CCC(=O)Nc1cccc(C(=O)O)c1)C(=O)O. The van der Waals surface area contributed by atoms with Crippen molar-refractivity contribution in [3.8, 4) is 0 Å². The first-order chi connectivity index (χ1) is 8.90. The minimum absolute atomic E-state index is 0.0742. The fourth-order valence-corrected chi connectivity index (χ4v) is 1.42. The molecule has 0 saturated heterocycles. The zero-order valence-electron chi connectivity index (χ0n) is 10.4. The van der Waals surface area contributed by atoms with Crippen molar-refractivity contribution in [1.29, 1.82) is 0 Å². The molecule has 0 aliphatic rings. The van der Waals surface area contributed by atoms with Crippen LogP contribution >= 0.6 is 0 Å². The van der Waals surface area contributed by atoms with E-state index in [9.17, 15) is 14.4 Å². The van der Waals surface area contributed by atoms with Crippen molar-refractivity contribution >= 4 is 23.5 Å². The fraction of sp³-hybridized carbons (Fsp3) is 0.308. The van der Waals surface area contributed by atoms with Gasteiger partial charge in [-0.2, -0.15) is 0 Å². The Balaban J connectivity index is 2.55. The second-order valence-electron chi connectivity index (χ2n) is 4.21. The van der Waals surface area contributed by atoms with Gasteiger partial charge in [0.2, 0.25) is 5.91 Å². The molecule has 0 heterocycles. The van der Waals surface area contributed by atoms with Gasteiger partial charge >= 0.3 is 11.9 Å². The average molecular weight is 265 g/mol. The third-order valence-electron chi connectivity index (χ3n) is 2.62. The van der Waals surface area contributed by atoms with Gasteiger partial charge in [-0.25, -0.2) is 4.79 Å². The van der Waals surface area contributed by atoms with Crippen LogP contribution in [0.3, 0.4) is 0 Å². The zero-order chi connectivity index (χ0) is 14.4. The van der Waals surface area contributed by atoms with Crippen molar-refractivity contribution in [1.82, 2.24) is 0 Å². The Kier molecular flexibility index (Phi) is 5.05. The highest BCUT2D eigenvalue weighted by Gasteiger charge is 2.13. The first-order valence-corrected chi connectivity index (χ1v) is 5.76. The summed E-state index contributed by atoms with van der Waals surface area (Å²) in [7, 11) is 0. The first kappa shape index (κ1) is 14.7. The van der Waals surface area contributed by atoms with Gasteiger partial charge in [-0.15, -0.1) is 0 Å². The molecule has 0 aromatic heterocycles. The third-order valence-corrected chi connectivity index (χ3v) is 2.62. The van der Waals surface area contributed by atoms with Gasteiger partial charge in [-0.1, -0.05) is 13.0 Å². The number of rotatable bonds is 6. The van der Waals surface area contributed by atoms with Crippen molar-refractivity contribution in [3.05, 3.63) is 29.8 Å². The Bertz CT molecular complexity index is 498. The molecule has 0 spiro atoms. The Labute approximate surface area is 110 Å². The molecule has 0 bridgehead atoms. The van der Waals surface area contributed by atoms with E-state index in [4.69, 9.17) is 10.2 Å². The summed E-state index contributed by atoms with van der Waals surface area (Å²) >= 11 is 0. The number of anilines is 1. The van der Waals surface area contributed by atoms with E-state index in [0.29, 0.717) is 5.69 Å². The van der Waals surface area contributed by atoms with E-state index >= 15 is 0 Å². The number of aromatic carboxylic acids is 1. The van der Waals surface area contributed by atoms with Gasteiger partial charge in [0.15, 0.2) is 0 Å². The van der Waals surface area contributed by atoms with Crippen molar-refractivity contribution < 1.29 is 24.6 Å².